The summed E-state index contributed by atoms with van der Waals surface area (Å²) >= 11 is 5.82. The van der Waals surface area contributed by atoms with E-state index in [1.807, 2.05) is 0 Å². The van der Waals surface area contributed by atoms with Crippen molar-refractivity contribution < 1.29 is 18.7 Å². The Balaban J connectivity index is 2.11. The molecule has 94 valence electrons. The number of hydrogen-bond acceptors (Lipinski definition) is 3. The first-order valence-electron chi connectivity index (χ1n) is 5.06. The van der Waals surface area contributed by atoms with Crippen LogP contribution in [0.5, 0.6) is 0 Å². The molecule has 2 N–H and O–H groups in total. The molecule has 0 amide bonds. The number of carboxylic acids is 1. The average Bonchev–Trinajstić information content (AvgIpc) is 2.76. The summed E-state index contributed by atoms with van der Waals surface area (Å²) in [6.45, 7) is 0.153. The van der Waals surface area contributed by atoms with Crippen LogP contribution in [0.25, 0.3) is 0 Å². The number of benzene rings is 1. The van der Waals surface area contributed by atoms with E-state index in [9.17, 15) is 9.18 Å². The molecular formula is C12H9ClFNO3. The molecule has 2 aromatic rings. The second-order valence-electron chi connectivity index (χ2n) is 3.54. The van der Waals surface area contributed by atoms with Gasteiger partial charge in [-0.05, 0) is 24.3 Å². The fourth-order valence-electron chi connectivity index (χ4n) is 1.48. The normalized spacial score (nSPS) is 10.3. The molecule has 0 spiro atoms. The van der Waals surface area contributed by atoms with Crippen LogP contribution in [0.15, 0.2) is 34.9 Å². The molecule has 0 fully saturated rings. The van der Waals surface area contributed by atoms with Gasteiger partial charge in [0.25, 0.3) is 0 Å². The van der Waals surface area contributed by atoms with Gasteiger partial charge in [0.15, 0.2) is 0 Å². The van der Waals surface area contributed by atoms with Gasteiger partial charge in [-0.15, -0.1) is 0 Å². The second-order valence-corrected chi connectivity index (χ2v) is 3.95. The first kappa shape index (κ1) is 12.4. The number of nitrogens with one attached hydrogen (secondary N) is 1. The Morgan fingerprint density at radius 3 is 2.89 bits per heavy atom. The second kappa shape index (κ2) is 5.10. The average molecular weight is 270 g/mol. The van der Waals surface area contributed by atoms with Crippen LogP contribution in [0.1, 0.15) is 16.1 Å². The monoisotopic (exact) mass is 269 g/mol. The molecule has 1 aromatic heterocycles. The lowest BCUT2D eigenvalue weighted by molar-refractivity contribution is 0.0694. The van der Waals surface area contributed by atoms with Crippen molar-refractivity contribution in [3.05, 3.63) is 52.7 Å². The highest BCUT2D eigenvalue weighted by molar-refractivity contribution is 6.33. The van der Waals surface area contributed by atoms with Crippen molar-refractivity contribution in [1.29, 1.82) is 0 Å². The van der Waals surface area contributed by atoms with Crippen molar-refractivity contribution in [2.75, 3.05) is 5.32 Å². The summed E-state index contributed by atoms with van der Waals surface area (Å²) < 4.78 is 17.9. The summed E-state index contributed by atoms with van der Waals surface area (Å²) in [5, 5.41) is 12.0. The van der Waals surface area contributed by atoms with E-state index in [0.29, 0.717) is 5.69 Å². The Labute approximate surface area is 107 Å². The molecule has 1 heterocycles. The number of halogens is 2. The maximum absolute atomic E-state index is 12.8. The first-order chi connectivity index (χ1) is 8.58. The van der Waals surface area contributed by atoms with Crippen molar-refractivity contribution >= 4 is 23.3 Å². The van der Waals surface area contributed by atoms with Crippen LogP contribution in [0.4, 0.5) is 10.1 Å². The zero-order valence-electron chi connectivity index (χ0n) is 9.11. The van der Waals surface area contributed by atoms with E-state index in [-0.39, 0.29) is 22.9 Å². The lowest BCUT2D eigenvalue weighted by Crippen LogP contribution is -2.05. The molecule has 0 radical (unpaired) electrons. The Morgan fingerprint density at radius 1 is 1.44 bits per heavy atom. The van der Waals surface area contributed by atoms with Gasteiger partial charge in [0.1, 0.15) is 17.1 Å². The van der Waals surface area contributed by atoms with Gasteiger partial charge in [-0.2, -0.15) is 0 Å². The van der Waals surface area contributed by atoms with E-state index in [1.54, 1.807) is 0 Å². The number of aromatic carboxylic acids is 1. The number of furan rings is 1. The largest absolute Gasteiger partial charge is 0.478 e. The predicted molar refractivity (Wildman–Crippen MR) is 64.4 cm³/mol. The Morgan fingerprint density at radius 2 is 2.22 bits per heavy atom. The summed E-state index contributed by atoms with van der Waals surface area (Å²) in [6, 6.07) is 5.27. The smallest absolute Gasteiger partial charge is 0.339 e. The summed E-state index contributed by atoms with van der Waals surface area (Å²) in [7, 11) is 0. The number of anilines is 1. The van der Waals surface area contributed by atoms with E-state index in [0.717, 1.165) is 0 Å². The lowest BCUT2D eigenvalue weighted by atomic mass is 10.2. The molecule has 0 aliphatic heterocycles. The molecule has 2 rings (SSSR count). The quantitative estimate of drug-likeness (QED) is 0.893. The topological polar surface area (TPSA) is 62.5 Å². The fraction of sp³-hybridized carbons (Fsp3) is 0.0833. The van der Waals surface area contributed by atoms with Gasteiger partial charge in [0, 0.05) is 0 Å². The fourth-order valence-corrected chi connectivity index (χ4v) is 1.71. The zero-order chi connectivity index (χ0) is 13.1. The molecule has 0 saturated carbocycles. The molecule has 0 atom stereocenters. The van der Waals surface area contributed by atoms with Gasteiger partial charge in [0.2, 0.25) is 0 Å². The van der Waals surface area contributed by atoms with Crippen molar-refractivity contribution in [3.63, 3.8) is 0 Å². The molecule has 1 aromatic carbocycles. The summed E-state index contributed by atoms with van der Waals surface area (Å²) in [5.41, 5.74) is 0.589. The third kappa shape index (κ3) is 2.62. The van der Waals surface area contributed by atoms with Gasteiger partial charge < -0.3 is 14.8 Å². The third-order valence-corrected chi connectivity index (χ3v) is 2.66. The van der Waals surface area contributed by atoms with Crippen LogP contribution in [0.3, 0.4) is 0 Å². The minimum atomic E-state index is -1.06. The van der Waals surface area contributed by atoms with E-state index in [4.69, 9.17) is 21.1 Å². The summed E-state index contributed by atoms with van der Waals surface area (Å²) in [4.78, 5) is 10.8. The van der Waals surface area contributed by atoms with E-state index >= 15 is 0 Å². The predicted octanol–water partition coefficient (Wildman–Crippen LogP) is 3.38. The number of hydrogen-bond donors (Lipinski definition) is 2. The van der Waals surface area contributed by atoms with Crippen molar-refractivity contribution in [1.82, 2.24) is 0 Å². The van der Waals surface area contributed by atoms with Crippen LogP contribution in [-0.2, 0) is 6.54 Å². The Kier molecular flexibility index (Phi) is 3.53. The zero-order valence-corrected chi connectivity index (χ0v) is 9.87. The molecule has 6 heteroatoms. The van der Waals surface area contributed by atoms with Gasteiger partial charge in [-0.1, -0.05) is 11.6 Å². The minimum absolute atomic E-state index is 0.0840. The maximum Gasteiger partial charge on any atom is 0.339 e. The number of rotatable bonds is 4. The SMILES string of the molecule is O=C(O)c1ccoc1CNc1ccc(F)cc1Cl. The van der Waals surface area contributed by atoms with Crippen molar-refractivity contribution in [2.45, 2.75) is 6.54 Å². The molecule has 0 unspecified atom stereocenters. The van der Waals surface area contributed by atoms with Gasteiger partial charge in [0.05, 0.1) is 23.5 Å². The standard InChI is InChI=1S/C12H9ClFNO3/c13-9-5-7(14)1-2-10(9)15-6-11-8(12(16)17)3-4-18-11/h1-5,15H,6H2,(H,16,17). The van der Waals surface area contributed by atoms with Crippen LogP contribution >= 0.6 is 11.6 Å². The molecular weight excluding hydrogens is 261 g/mol. The summed E-state index contributed by atoms with van der Waals surface area (Å²) in [5.74, 6) is -1.22. The highest BCUT2D eigenvalue weighted by Gasteiger charge is 2.13. The molecule has 0 aliphatic rings. The molecule has 0 saturated heterocycles. The van der Waals surface area contributed by atoms with Crippen molar-refractivity contribution in [3.8, 4) is 0 Å². The lowest BCUT2D eigenvalue weighted by Gasteiger charge is -2.07. The molecule has 0 bridgehead atoms. The van der Waals surface area contributed by atoms with Gasteiger partial charge >= 0.3 is 5.97 Å². The van der Waals surface area contributed by atoms with E-state index in [2.05, 4.69) is 5.32 Å². The van der Waals surface area contributed by atoms with Gasteiger partial charge in [-0.25, -0.2) is 9.18 Å². The number of carbonyl (C=O) groups is 1. The van der Waals surface area contributed by atoms with E-state index < -0.39 is 11.8 Å². The Bertz CT molecular complexity index is 582. The maximum atomic E-state index is 12.8. The highest BCUT2D eigenvalue weighted by Crippen LogP contribution is 2.23. The summed E-state index contributed by atoms with van der Waals surface area (Å²) in [6.07, 6.45) is 1.30. The Hall–Kier alpha value is -2.01. The highest BCUT2D eigenvalue weighted by atomic mass is 35.5. The van der Waals surface area contributed by atoms with Gasteiger partial charge in [-0.3, -0.25) is 0 Å². The van der Waals surface area contributed by atoms with Crippen LogP contribution in [0.2, 0.25) is 5.02 Å². The molecule has 0 aliphatic carbocycles. The van der Waals surface area contributed by atoms with Crippen molar-refractivity contribution in [2.24, 2.45) is 0 Å². The van der Waals surface area contributed by atoms with Crippen LogP contribution in [0, 0.1) is 5.82 Å². The number of carboxylic acid groups (broad SMARTS) is 1. The molecule has 18 heavy (non-hydrogen) atoms. The van der Waals surface area contributed by atoms with E-state index in [1.165, 1.54) is 30.5 Å². The molecule has 4 nitrogen and oxygen atoms in total. The van der Waals surface area contributed by atoms with Crippen LogP contribution in [-0.4, -0.2) is 11.1 Å². The van der Waals surface area contributed by atoms with Crippen LogP contribution < -0.4 is 5.32 Å². The third-order valence-electron chi connectivity index (χ3n) is 2.35. The first-order valence-corrected chi connectivity index (χ1v) is 5.44. The minimum Gasteiger partial charge on any atom is -0.478 e.